The summed E-state index contributed by atoms with van der Waals surface area (Å²) in [5.41, 5.74) is 3.23. The van der Waals surface area contributed by atoms with Crippen molar-refractivity contribution in [1.82, 2.24) is 10.2 Å². The Morgan fingerprint density at radius 2 is 2.11 bits per heavy atom. The van der Waals surface area contributed by atoms with E-state index in [9.17, 15) is 0 Å². The Labute approximate surface area is 109 Å². The van der Waals surface area contributed by atoms with Crippen molar-refractivity contribution in [2.45, 2.75) is 26.3 Å². The standard InChI is InChI=1S/C15H21N3/c1-13-10-14(11-16)4-5-15(13)12-17-6-9-18-7-2-3-8-18/h4-5,10,17H,2-3,6-9,12H2,1H3. The first-order valence-corrected chi connectivity index (χ1v) is 6.72. The highest BCUT2D eigenvalue weighted by molar-refractivity contribution is 5.37. The molecule has 0 spiro atoms. The van der Waals surface area contributed by atoms with Crippen LogP contribution in [0.25, 0.3) is 0 Å². The maximum atomic E-state index is 8.82. The first-order chi connectivity index (χ1) is 8.79. The molecule has 3 nitrogen and oxygen atoms in total. The molecule has 1 aromatic carbocycles. The maximum Gasteiger partial charge on any atom is 0.0991 e. The smallest absolute Gasteiger partial charge is 0.0991 e. The summed E-state index contributed by atoms with van der Waals surface area (Å²) < 4.78 is 0. The maximum absolute atomic E-state index is 8.82. The minimum atomic E-state index is 0.744. The average Bonchev–Trinajstić information content (AvgIpc) is 2.89. The van der Waals surface area contributed by atoms with Crippen LogP contribution in [0.2, 0.25) is 0 Å². The molecular formula is C15H21N3. The van der Waals surface area contributed by atoms with Gasteiger partial charge in [-0.3, -0.25) is 0 Å². The first-order valence-electron chi connectivity index (χ1n) is 6.72. The zero-order valence-corrected chi connectivity index (χ0v) is 11.1. The molecule has 0 aromatic heterocycles. The molecule has 1 aliphatic rings. The van der Waals surface area contributed by atoms with E-state index in [0.717, 1.165) is 25.2 Å². The summed E-state index contributed by atoms with van der Waals surface area (Å²) in [6.07, 6.45) is 2.71. The minimum absolute atomic E-state index is 0.744. The molecule has 1 heterocycles. The third-order valence-corrected chi connectivity index (χ3v) is 3.59. The fourth-order valence-electron chi connectivity index (χ4n) is 2.43. The lowest BCUT2D eigenvalue weighted by molar-refractivity contribution is 0.335. The highest BCUT2D eigenvalue weighted by atomic mass is 15.1. The van der Waals surface area contributed by atoms with Crippen molar-refractivity contribution >= 4 is 0 Å². The van der Waals surface area contributed by atoms with Gasteiger partial charge in [-0.25, -0.2) is 0 Å². The molecule has 0 amide bonds. The van der Waals surface area contributed by atoms with Gasteiger partial charge in [0.1, 0.15) is 0 Å². The molecule has 0 aliphatic carbocycles. The van der Waals surface area contributed by atoms with Crippen molar-refractivity contribution < 1.29 is 0 Å². The number of likely N-dealkylation sites (tertiary alicyclic amines) is 1. The van der Waals surface area contributed by atoms with E-state index in [1.807, 2.05) is 12.1 Å². The van der Waals surface area contributed by atoms with E-state index in [2.05, 4.69) is 29.3 Å². The van der Waals surface area contributed by atoms with Crippen LogP contribution in [0.5, 0.6) is 0 Å². The third-order valence-electron chi connectivity index (χ3n) is 3.59. The van der Waals surface area contributed by atoms with E-state index < -0.39 is 0 Å². The van der Waals surface area contributed by atoms with Gasteiger partial charge in [-0.2, -0.15) is 5.26 Å². The van der Waals surface area contributed by atoms with E-state index in [1.165, 1.54) is 37.1 Å². The Morgan fingerprint density at radius 3 is 2.78 bits per heavy atom. The lowest BCUT2D eigenvalue weighted by Crippen LogP contribution is -2.29. The minimum Gasteiger partial charge on any atom is -0.311 e. The summed E-state index contributed by atoms with van der Waals surface area (Å²) in [7, 11) is 0. The summed E-state index contributed by atoms with van der Waals surface area (Å²) in [5, 5.41) is 12.3. The first kappa shape index (κ1) is 13.1. The van der Waals surface area contributed by atoms with Gasteiger partial charge in [0, 0.05) is 19.6 Å². The molecule has 1 fully saturated rings. The van der Waals surface area contributed by atoms with Crippen LogP contribution in [0.4, 0.5) is 0 Å². The number of hydrogen-bond donors (Lipinski definition) is 1. The summed E-state index contributed by atoms with van der Waals surface area (Å²) in [6, 6.07) is 8.07. The van der Waals surface area contributed by atoms with Gasteiger partial charge in [0.25, 0.3) is 0 Å². The Morgan fingerprint density at radius 1 is 1.33 bits per heavy atom. The molecule has 0 radical (unpaired) electrons. The fraction of sp³-hybridized carbons (Fsp3) is 0.533. The topological polar surface area (TPSA) is 39.1 Å². The number of nitriles is 1. The van der Waals surface area contributed by atoms with Crippen molar-refractivity contribution in [2.75, 3.05) is 26.2 Å². The molecule has 1 N–H and O–H groups in total. The monoisotopic (exact) mass is 243 g/mol. The van der Waals surface area contributed by atoms with Crippen LogP contribution in [-0.2, 0) is 6.54 Å². The molecule has 96 valence electrons. The van der Waals surface area contributed by atoms with Crippen molar-refractivity contribution in [3.63, 3.8) is 0 Å². The Hall–Kier alpha value is -1.37. The molecular weight excluding hydrogens is 222 g/mol. The van der Waals surface area contributed by atoms with Crippen LogP contribution < -0.4 is 5.32 Å². The third kappa shape index (κ3) is 3.56. The molecule has 2 rings (SSSR count). The summed E-state index contributed by atoms with van der Waals surface area (Å²) in [4.78, 5) is 2.51. The number of benzene rings is 1. The zero-order valence-electron chi connectivity index (χ0n) is 11.1. The molecule has 18 heavy (non-hydrogen) atoms. The van der Waals surface area contributed by atoms with Gasteiger partial charge in [0.2, 0.25) is 0 Å². The fourth-order valence-corrected chi connectivity index (χ4v) is 2.43. The lowest BCUT2D eigenvalue weighted by atomic mass is 10.1. The van der Waals surface area contributed by atoms with E-state index >= 15 is 0 Å². The van der Waals surface area contributed by atoms with E-state index in [4.69, 9.17) is 5.26 Å². The van der Waals surface area contributed by atoms with Crippen LogP contribution in [0.3, 0.4) is 0 Å². The molecule has 1 saturated heterocycles. The van der Waals surface area contributed by atoms with Gasteiger partial charge >= 0.3 is 0 Å². The predicted octanol–water partition coefficient (Wildman–Crippen LogP) is 2.05. The number of aryl methyl sites for hydroxylation is 1. The molecule has 1 aromatic rings. The summed E-state index contributed by atoms with van der Waals surface area (Å²) >= 11 is 0. The molecule has 0 unspecified atom stereocenters. The van der Waals surface area contributed by atoms with Gasteiger partial charge in [0.15, 0.2) is 0 Å². The average molecular weight is 243 g/mol. The zero-order chi connectivity index (χ0) is 12.8. The summed E-state index contributed by atoms with van der Waals surface area (Å²) in [5.74, 6) is 0. The number of hydrogen-bond acceptors (Lipinski definition) is 3. The Kier molecular flexibility index (Phi) is 4.74. The second-order valence-corrected chi connectivity index (χ2v) is 4.98. The van der Waals surface area contributed by atoms with Crippen molar-refractivity contribution in [1.29, 1.82) is 5.26 Å². The molecule has 0 saturated carbocycles. The SMILES string of the molecule is Cc1cc(C#N)ccc1CNCCN1CCCC1. The number of nitrogens with one attached hydrogen (secondary N) is 1. The molecule has 1 aliphatic heterocycles. The second kappa shape index (κ2) is 6.53. The van der Waals surface area contributed by atoms with Crippen LogP contribution in [0.1, 0.15) is 29.5 Å². The quantitative estimate of drug-likeness (QED) is 0.805. The largest absolute Gasteiger partial charge is 0.311 e. The van der Waals surface area contributed by atoms with Crippen LogP contribution in [0.15, 0.2) is 18.2 Å². The number of nitrogens with zero attached hydrogens (tertiary/aromatic N) is 2. The van der Waals surface area contributed by atoms with E-state index in [-0.39, 0.29) is 0 Å². The Balaban J connectivity index is 1.74. The van der Waals surface area contributed by atoms with Gasteiger partial charge < -0.3 is 10.2 Å². The van der Waals surface area contributed by atoms with Gasteiger partial charge in [0.05, 0.1) is 11.6 Å². The van der Waals surface area contributed by atoms with Gasteiger partial charge in [-0.15, -0.1) is 0 Å². The van der Waals surface area contributed by atoms with E-state index in [0.29, 0.717) is 0 Å². The van der Waals surface area contributed by atoms with Crippen molar-refractivity contribution in [3.05, 3.63) is 34.9 Å². The van der Waals surface area contributed by atoms with Gasteiger partial charge in [-0.1, -0.05) is 6.07 Å². The molecule has 3 heteroatoms. The highest BCUT2D eigenvalue weighted by Gasteiger charge is 2.10. The van der Waals surface area contributed by atoms with Crippen LogP contribution in [0, 0.1) is 18.3 Å². The normalized spacial score (nSPS) is 15.8. The summed E-state index contributed by atoms with van der Waals surface area (Å²) in [6.45, 7) is 7.67. The van der Waals surface area contributed by atoms with Crippen LogP contribution >= 0.6 is 0 Å². The van der Waals surface area contributed by atoms with E-state index in [1.54, 1.807) is 0 Å². The Bertz CT molecular complexity index is 428. The predicted molar refractivity (Wildman–Crippen MR) is 73.3 cm³/mol. The highest BCUT2D eigenvalue weighted by Crippen LogP contribution is 2.10. The molecule has 0 bridgehead atoms. The number of rotatable bonds is 5. The van der Waals surface area contributed by atoms with Crippen molar-refractivity contribution in [2.24, 2.45) is 0 Å². The van der Waals surface area contributed by atoms with Gasteiger partial charge in [-0.05, 0) is 56.1 Å². The van der Waals surface area contributed by atoms with Crippen molar-refractivity contribution in [3.8, 4) is 6.07 Å². The molecule has 0 atom stereocenters. The van der Waals surface area contributed by atoms with Crippen LogP contribution in [-0.4, -0.2) is 31.1 Å². The lowest BCUT2D eigenvalue weighted by Gasteiger charge is -2.15. The second-order valence-electron chi connectivity index (χ2n) is 4.98.